The molecule has 2 heterocycles. The summed E-state index contributed by atoms with van der Waals surface area (Å²) in [7, 11) is -7.92. The van der Waals surface area contributed by atoms with Gasteiger partial charge < -0.3 is 10.4 Å². The van der Waals surface area contributed by atoms with Crippen LogP contribution < -0.4 is 10.5 Å². The van der Waals surface area contributed by atoms with Gasteiger partial charge in [0.2, 0.25) is 10.0 Å². The van der Waals surface area contributed by atoms with Crippen molar-refractivity contribution in [3.8, 4) is 0 Å². The molecule has 1 aromatic heterocycles. The largest absolute Gasteiger partial charge is 0.381 e. The lowest BCUT2D eigenvalue weighted by Crippen LogP contribution is -2.42. The van der Waals surface area contributed by atoms with Gasteiger partial charge in [-0.05, 0) is 12.6 Å². The zero-order chi connectivity index (χ0) is 15.3. The number of aliphatic hydroxyl groups is 1. The van der Waals surface area contributed by atoms with Gasteiger partial charge in [-0.3, -0.25) is 13.9 Å². The first-order chi connectivity index (χ1) is 9.10. The highest BCUT2D eigenvalue weighted by Crippen LogP contribution is 2.60. The lowest BCUT2D eigenvalue weighted by molar-refractivity contribution is -0.121. The van der Waals surface area contributed by atoms with Gasteiger partial charge in [-0.15, -0.1) is 11.3 Å². The fourth-order valence-corrected chi connectivity index (χ4v) is 5.94. The summed E-state index contributed by atoms with van der Waals surface area (Å²) in [5, 5.41) is 16.6. The van der Waals surface area contributed by atoms with E-state index in [4.69, 9.17) is 5.14 Å². The second-order valence-corrected chi connectivity index (χ2v) is 9.21. The van der Waals surface area contributed by atoms with Gasteiger partial charge in [-0.25, -0.2) is 13.6 Å². The van der Waals surface area contributed by atoms with Crippen LogP contribution in [0.5, 0.6) is 0 Å². The summed E-state index contributed by atoms with van der Waals surface area (Å²) in [5.74, 6) is 0. The van der Waals surface area contributed by atoms with Crippen molar-refractivity contribution in [2.45, 2.75) is 27.5 Å². The molecule has 6 N–H and O–H groups in total. The maximum absolute atomic E-state index is 11.8. The molecule has 1 aromatic rings. The van der Waals surface area contributed by atoms with Crippen molar-refractivity contribution in [2.75, 3.05) is 6.54 Å². The van der Waals surface area contributed by atoms with Crippen LogP contribution in [-0.2, 0) is 14.8 Å². The quantitative estimate of drug-likeness (QED) is 0.521. The smallest absolute Gasteiger partial charge is 0.275 e. The topological polar surface area (TPSA) is 150 Å². The standard InChI is InChI=1S/C9H14N2O6S3/c1-2-11-6-4-3-5(20(10,16)17)18-9(4)19(14,15)8(13)7(6)12/h3,6-7,11-12,14-15H,2H2,1H3,(H2,10,16,17). The van der Waals surface area contributed by atoms with Crippen molar-refractivity contribution >= 4 is 37.1 Å². The number of primary sulfonamides is 1. The van der Waals surface area contributed by atoms with Crippen molar-refractivity contribution < 1.29 is 27.4 Å². The first-order valence-electron chi connectivity index (χ1n) is 5.50. The van der Waals surface area contributed by atoms with Crippen molar-refractivity contribution in [1.82, 2.24) is 5.32 Å². The Kier molecular flexibility index (Phi) is 3.99. The van der Waals surface area contributed by atoms with Crippen molar-refractivity contribution in [1.29, 1.82) is 0 Å². The summed E-state index contributed by atoms with van der Waals surface area (Å²) in [6.07, 6.45) is -1.66. The van der Waals surface area contributed by atoms with Crippen molar-refractivity contribution in [3.05, 3.63) is 11.6 Å². The molecule has 20 heavy (non-hydrogen) atoms. The van der Waals surface area contributed by atoms with Crippen LogP contribution in [0.3, 0.4) is 0 Å². The molecule has 0 radical (unpaired) electrons. The van der Waals surface area contributed by atoms with Crippen LogP contribution in [-0.4, -0.2) is 40.4 Å². The average Bonchev–Trinajstić information content (AvgIpc) is 2.78. The maximum atomic E-state index is 11.8. The molecule has 0 aliphatic carbocycles. The molecule has 0 saturated carbocycles. The molecule has 2 atom stereocenters. The van der Waals surface area contributed by atoms with E-state index in [1.807, 2.05) is 0 Å². The van der Waals surface area contributed by atoms with Gasteiger partial charge >= 0.3 is 0 Å². The number of carbonyl (C=O) groups is 1. The number of hydrogen-bond acceptors (Lipinski definition) is 8. The van der Waals surface area contributed by atoms with Crippen LogP contribution in [0.1, 0.15) is 18.5 Å². The number of nitrogens with one attached hydrogen (secondary N) is 1. The van der Waals surface area contributed by atoms with E-state index in [0.29, 0.717) is 17.9 Å². The zero-order valence-corrected chi connectivity index (χ0v) is 12.8. The predicted molar refractivity (Wildman–Crippen MR) is 74.2 cm³/mol. The lowest BCUT2D eigenvalue weighted by Gasteiger charge is -2.39. The number of carbonyl (C=O) groups excluding carboxylic acids is 1. The van der Waals surface area contributed by atoms with E-state index in [1.165, 1.54) is 0 Å². The van der Waals surface area contributed by atoms with Gasteiger partial charge in [0.1, 0.15) is 8.42 Å². The third-order valence-electron chi connectivity index (χ3n) is 2.84. The first kappa shape index (κ1) is 15.9. The Labute approximate surface area is 121 Å². The number of hydrogen-bond donors (Lipinski definition) is 5. The van der Waals surface area contributed by atoms with E-state index in [1.54, 1.807) is 6.92 Å². The molecule has 8 nitrogen and oxygen atoms in total. The number of sulfonamides is 1. The second-order valence-electron chi connectivity index (χ2n) is 4.20. The van der Waals surface area contributed by atoms with Crippen LogP contribution in [0.4, 0.5) is 0 Å². The minimum atomic E-state index is -4.03. The summed E-state index contributed by atoms with van der Waals surface area (Å²) >= 11 is 0.537. The summed E-state index contributed by atoms with van der Waals surface area (Å²) in [5.41, 5.74) is 0.174. The van der Waals surface area contributed by atoms with Gasteiger partial charge in [-0.2, -0.15) is 0 Å². The highest BCUT2D eigenvalue weighted by Gasteiger charge is 2.46. The van der Waals surface area contributed by atoms with E-state index >= 15 is 0 Å². The Morgan fingerprint density at radius 1 is 1.50 bits per heavy atom. The monoisotopic (exact) mass is 342 g/mol. The molecule has 0 amide bonds. The van der Waals surface area contributed by atoms with Gasteiger partial charge in [0, 0.05) is 5.56 Å². The van der Waals surface area contributed by atoms with Crippen LogP contribution in [0.15, 0.2) is 14.5 Å². The Balaban J connectivity index is 2.67. The fraction of sp³-hybridized carbons (Fsp3) is 0.444. The SMILES string of the molecule is CCNC1c2cc(S(N)(=O)=O)sc2S(O)(O)C(=O)C1O. The number of aliphatic hydroxyl groups excluding tert-OH is 1. The number of likely N-dealkylation sites (N-methyl/N-ethyl adjacent to an activating group) is 1. The Morgan fingerprint density at radius 3 is 2.60 bits per heavy atom. The number of thiophene rings is 1. The molecule has 1 aliphatic rings. The highest BCUT2D eigenvalue weighted by molar-refractivity contribution is 8.37. The Morgan fingerprint density at radius 2 is 2.10 bits per heavy atom. The molecule has 2 rings (SSSR count). The van der Waals surface area contributed by atoms with E-state index in [-0.39, 0.29) is 14.0 Å². The molecule has 0 fully saturated rings. The van der Waals surface area contributed by atoms with Crippen LogP contribution in [0, 0.1) is 0 Å². The van der Waals surface area contributed by atoms with Gasteiger partial charge in [-0.1, -0.05) is 17.5 Å². The predicted octanol–water partition coefficient (Wildman–Crippen LogP) is 0.0567. The van der Waals surface area contributed by atoms with Crippen LogP contribution in [0.25, 0.3) is 0 Å². The third kappa shape index (κ3) is 2.40. The maximum Gasteiger partial charge on any atom is 0.275 e. The molecular formula is C9H14N2O6S3. The van der Waals surface area contributed by atoms with E-state index in [9.17, 15) is 27.4 Å². The molecule has 2 unspecified atom stereocenters. The highest BCUT2D eigenvalue weighted by atomic mass is 32.3. The molecule has 114 valence electrons. The second kappa shape index (κ2) is 5.03. The zero-order valence-electron chi connectivity index (χ0n) is 10.3. The van der Waals surface area contributed by atoms with Crippen molar-refractivity contribution in [3.63, 3.8) is 0 Å². The Bertz CT molecular complexity index is 653. The summed E-state index contributed by atoms with van der Waals surface area (Å²) in [6.45, 7) is 2.13. The third-order valence-corrected chi connectivity index (χ3v) is 7.71. The first-order valence-corrected chi connectivity index (χ1v) is 9.41. The number of nitrogens with two attached hydrogens (primary N) is 1. The van der Waals surface area contributed by atoms with Crippen LogP contribution >= 0.6 is 21.9 Å². The molecule has 0 saturated heterocycles. The molecule has 0 aromatic carbocycles. The summed E-state index contributed by atoms with van der Waals surface area (Å²) < 4.78 is 42.1. The number of fused-ring (bicyclic) bond motifs is 1. The van der Waals surface area contributed by atoms with Crippen LogP contribution in [0.2, 0.25) is 0 Å². The minimum absolute atomic E-state index is 0.164. The normalized spacial score (nSPS) is 27.1. The molecule has 1 aliphatic heterocycles. The average molecular weight is 342 g/mol. The number of rotatable bonds is 3. The molecule has 0 bridgehead atoms. The van der Waals surface area contributed by atoms with E-state index in [0.717, 1.165) is 6.07 Å². The van der Waals surface area contributed by atoms with E-state index in [2.05, 4.69) is 5.32 Å². The van der Waals surface area contributed by atoms with Crippen molar-refractivity contribution in [2.24, 2.45) is 5.14 Å². The molecule has 0 spiro atoms. The molecular weight excluding hydrogens is 328 g/mol. The minimum Gasteiger partial charge on any atom is -0.381 e. The van der Waals surface area contributed by atoms with E-state index < -0.39 is 37.9 Å². The summed E-state index contributed by atoms with van der Waals surface area (Å²) in [4.78, 5) is 11.8. The van der Waals surface area contributed by atoms with Gasteiger partial charge in [0.15, 0.2) is 6.10 Å². The Hall–Kier alpha value is -0.530. The molecule has 11 heteroatoms. The van der Waals surface area contributed by atoms with Gasteiger partial charge in [0.05, 0.1) is 6.04 Å². The van der Waals surface area contributed by atoms with Gasteiger partial charge in [0.25, 0.3) is 5.12 Å². The fourth-order valence-electron chi connectivity index (χ4n) is 1.95. The summed E-state index contributed by atoms with van der Waals surface area (Å²) in [6, 6.07) is 0.265. The lowest BCUT2D eigenvalue weighted by atomic mass is 10.1.